The topological polar surface area (TPSA) is 49.8 Å². The molecule has 1 atom stereocenters. The summed E-state index contributed by atoms with van der Waals surface area (Å²) in [5, 5.41) is 9.00. The van der Waals surface area contributed by atoms with Gasteiger partial charge < -0.3 is 9.84 Å². The number of ether oxygens (including phenoxy) is 1. The highest BCUT2D eigenvalue weighted by Gasteiger charge is 2.17. The third-order valence-electron chi connectivity index (χ3n) is 3.13. The van der Waals surface area contributed by atoms with Gasteiger partial charge in [0.25, 0.3) is 0 Å². The Kier molecular flexibility index (Phi) is 7.18. The highest BCUT2D eigenvalue weighted by atomic mass is 19.1. The number of nitrogens with zero attached hydrogens (tertiary/aromatic N) is 1. The van der Waals surface area contributed by atoms with Crippen molar-refractivity contribution in [3.8, 4) is 0 Å². The van der Waals surface area contributed by atoms with E-state index in [-0.39, 0.29) is 5.82 Å². The van der Waals surface area contributed by atoms with Crippen molar-refractivity contribution < 1.29 is 19.0 Å². The minimum absolute atomic E-state index is 0.257. The van der Waals surface area contributed by atoms with Gasteiger partial charge in [0, 0.05) is 38.9 Å². The second-order valence-corrected chi connectivity index (χ2v) is 4.91. The molecule has 5 heteroatoms. The van der Waals surface area contributed by atoms with E-state index in [9.17, 15) is 9.18 Å². The highest BCUT2D eigenvalue weighted by molar-refractivity contribution is 5.69. The van der Waals surface area contributed by atoms with Crippen LogP contribution in [0.4, 0.5) is 4.39 Å². The molecule has 0 aliphatic heterocycles. The van der Waals surface area contributed by atoms with Crippen LogP contribution in [0.2, 0.25) is 0 Å². The molecule has 20 heavy (non-hydrogen) atoms. The van der Waals surface area contributed by atoms with Crippen molar-refractivity contribution in [2.45, 2.75) is 19.9 Å². The summed E-state index contributed by atoms with van der Waals surface area (Å²) in [6, 6.07) is 6.58. The summed E-state index contributed by atoms with van der Waals surface area (Å²) in [4.78, 5) is 12.9. The molecule has 0 amide bonds. The van der Waals surface area contributed by atoms with Crippen LogP contribution in [0, 0.1) is 11.7 Å². The number of carboxylic acids is 1. The van der Waals surface area contributed by atoms with Gasteiger partial charge in [-0.05, 0) is 12.5 Å². The van der Waals surface area contributed by atoms with E-state index in [4.69, 9.17) is 9.84 Å². The van der Waals surface area contributed by atoms with Gasteiger partial charge >= 0.3 is 5.97 Å². The Labute approximate surface area is 119 Å². The number of benzene rings is 1. The molecule has 0 fully saturated rings. The predicted molar refractivity (Wildman–Crippen MR) is 75.0 cm³/mol. The molecule has 1 aromatic rings. The lowest BCUT2D eigenvalue weighted by Gasteiger charge is -2.24. The summed E-state index contributed by atoms with van der Waals surface area (Å²) in [7, 11) is 1.63. The minimum Gasteiger partial charge on any atom is -0.481 e. The normalized spacial score (nSPS) is 12.6. The lowest BCUT2D eigenvalue weighted by molar-refractivity contribution is -0.141. The van der Waals surface area contributed by atoms with Crippen molar-refractivity contribution in [1.82, 2.24) is 4.90 Å². The summed E-state index contributed by atoms with van der Waals surface area (Å²) in [5.41, 5.74) is 0.586. The second-order valence-electron chi connectivity index (χ2n) is 4.91. The Morgan fingerprint density at radius 3 is 2.75 bits per heavy atom. The molecule has 0 bridgehead atoms. The molecule has 1 unspecified atom stereocenters. The molecule has 1 rings (SSSR count). The van der Waals surface area contributed by atoms with E-state index in [2.05, 4.69) is 0 Å². The molecule has 0 aliphatic carbocycles. The molecule has 4 nitrogen and oxygen atoms in total. The van der Waals surface area contributed by atoms with Gasteiger partial charge in [-0.2, -0.15) is 0 Å². The summed E-state index contributed by atoms with van der Waals surface area (Å²) in [6.07, 6.45) is 0.789. The quantitative estimate of drug-likeness (QED) is 0.707. The van der Waals surface area contributed by atoms with E-state index in [1.165, 1.54) is 6.07 Å². The van der Waals surface area contributed by atoms with Gasteiger partial charge in [0.15, 0.2) is 0 Å². The summed E-state index contributed by atoms with van der Waals surface area (Å²) in [5.74, 6) is -1.58. The Morgan fingerprint density at radius 2 is 2.15 bits per heavy atom. The number of rotatable bonds is 9. The Hall–Kier alpha value is -1.46. The van der Waals surface area contributed by atoms with Gasteiger partial charge in [0.2, 0.25) is 0 Å². The van der Waals surface area contributed by atoms with Crippen LogP contribution in [0.5, 0.6) is 0 Å². The third-order valence-corrected chi connectivity index (χ3v) is 3.13. The lowest BCUT2D eigenvalue weighted by atomic mass is 10.1. The van der Waals surface area contributed by atoms with Crippen molar-refractivity contribution in [2.24, 2.45) is 5.92 Å². The summed E-state index contributed by atoms with van der Waals surface area (Å²) < 4.78 is 18.7. The van der Waals surface area contributed by atoms with E-state index in [1.54, 1.807) is 32.2 Å². The molecule has 112 valence electrons. The Balaban J connectivity index is 2.66. The van der Waals surface area contributed by atoms with Crippen molar-refractivity contribution in [3.05, 3.63) is 35.6 Å². The number of carboxylic acid groups (broad SMARTS) is 1. The van der Waals surface area contributed by atoms with Crippen LogP contribution in [0.3, 0.4) is 0 Å². The van der Waals surface area contributed by atoms with Crippen LogP contribution in [-0.4, -0.2) is 42.8 Å². The third kappa shape index (κ3) is 5.67. The largest absolute Gasteiger partial charge is 0.481 e. The van der Waals surface area contributed by atoms with Crippen LogP contribution < -0.4 is 0 Å². The number of aliphatic carboxylic acids is 1. The van der Waals surface area contributed by atoms with Crippen LogP contribution in [0.1, 0.15) is 18.9 Å². The van der Waals surface area contributed by atoms with Gasteiger partial charge in [-0.25, -0.2) is 4.39 Å². The van der Waals surface area contributed by atoms with Crippen LogP contribution in [0.25, 0.3) is 0 Å². The predicted octanol–water partition coefficient (Wildman–Crippen LogP) is 2.38. The molecule has 0 saturated heterocycles. The van der Waals surface area contributed by atoms with Crippen LogP contribution in [0.15, 0.2) is 24.3 Å². The number of halogens is 1. The van der Waals surface area contributed by atoms with E-state index in [0.29, 0.717) is 31.8 Å². The molecular formula is C15H22FNO3. The zero-order valence-electron chi connectivity index (χ0n) is 12.0. The molecule has 0 heterocycles. The number of carbonyl (C=O) groups is 1. The van der Waals surface area contributed by atoms with Gasteiger partial charge in [0.1, 0.15) is 5.82 Å². The second kappa shape index (κ2) is 8.66. The number of hydrogen-bond donors (Lipinski definition) is 1. The molecule has 0 saturated carbocycles. The molecule has 1 aromatic carbocycles. The maximum absolute atomic E-state index is 13.7. The average Bonchev–Trinajstić information content (AvgIpc) is 2.41. The fourth-order valence-corrected chi connectivity index (χ4v) is 2.00. The molecule has 0 aliphatic rings. The first kappa shape index (κ1) is 16.6. The van der Waals surface area contributed by atoms with E-state index < -0.39 is 11.9 Å². The molecule has 0 aromatic heterocycles. The number of methoxy groups -OCH3 is 1. The molecule has 0 spiro atoms. The van der Waals surface area contributed by atoms with E-state index in [1.807, 2.05) is 4.90 Å². The standard InChI is InChI=1S/C15H22FNO3/c1-12(15(18)19)10-17(8-5-9-20-2)11-13-6-3-4-7-14(13)16/h3-4,6-7,12H,5,8-11H2,1-2H3,(H,18,19). The van der Waals surface area contributed by atoms with Crippen molar-refractivity contribution >= 4 is 5.97 Å². The van der Waals surface area contributed by atoms with Gasteiger partial charge in [-0.1, -0.05) is 25.1 Å². The molecule has 0 radical (unpaired) electrons. The van der Waals surface area contributed by atoms with Crippen LogP contribution >= 0.6 is 0 Å². The van der Waals surface area contributed by atoms with Crippen molar-refractivity contribution in [1.29, 1.82) is 0 Å². The zero-order chi connectivity index (χ0) is 15.0. The Bertz CT molecular complexity index is 425. The van der Waals surface area contributed by atoms with Gasteiger partial charge in [0.05, 0.1) is 5.92 Å². The van der Waals surface area contributed by atoms with Crippen molar-refractivity contribution in [3.63, 3.8) is 0 Å². The van der Waals surface area contributed by atoms with E-state index >= 15 is 0 Å². The first-order valence-corrected chi connectivity index (χ1v) is 6.72. The van der Waals surface area contributed by atoms with Gasteiger partial charge in [-0.3, -0.25) is 9.69 Å². The fourth-order valence-electron chi connectivity index (χ4n) is 2.00. The molecule has 1 N–H and O–H groups in total. The summed E-state index contributed by atoms with van der Waals surface area (Å²) >= 11 is 0. The minimum atomic E-state index is -0.838. The highest BCUT2D eigenvalue weighted by Crippen LogP contribution is 2.12. The maximum Gasteiger partial charge on any atom is 0.307 e. The SMILES string of the molecule is COCCCN(Cc1ccccc1F)CC(C)C(=O)O. The average molecular weight is 283 g/mol. The lowest BCUT2D eigenvalue weighted by Crippen LogP contribution is -2.33. The monoisotopic (exact) mass is 283 g/mol. The van der Waals surface area contributed by atoms with E-state index in [0.717, 1.165) is 6.42 Å². The smallest absolute Gasteiger partial charge is 0.307 e. The Morgan fingerprint density at radius 1 is 1.45 bits per heavy atom. The molecular weight excluding hydrogens is 261 g/mol. The van der Waals surface area contributed by atoms with Gasteiger partial charge in [-0.15, -0.1) is 0 Å². The van der Waals surface area contributed by atoms with Crippen molar-refractivity contribution in [2.75, 3.05) is 26.8 Å². The number of hydrogen-bond acceptors (Lipinski definition) is 3. The first-order valence-electron chi connectivity index (χ1n) is 6.72. The maximum atomic E-state index is 13.7. The summed E-state index contributed by atoms with van der Waals surface area (Å²) in [6.45, 7) is 3.75. The zero-order valence-corrected chi connectivity index (χ0v) is 12.0. The first-order chi connectivity index (χ1) is 9.54. The fraction of sp³-hybridized carbons (Fsp3) is 0.533. The van der Waals surface area contributed by atoms with Crippen LogP contribution in [-0.2, 0) is 16.1 Å².